The number of benzene rings is 2. The van der Waals surface area contributed by atoms with Crippen LogP contribution in [0.2, 0.25) is 0 Å². The van der Waals surface area contributed by atoms with Crippen LogP contribution in [0.4, 0.5) is 0 Å². The lowest BCUT2D eigenvalue weighted by atomic mass is 9.99. The Morgan fingerprint density at radius 1 is 1.00 bits per heavy atom. The molecule has 0 saturated carbocycles. The first-order valence-corrected chi connectivity index (χ1v) is 5.41. The fraction of sp³-hybridized carbons (Fsp3) is 0.0769. The average Bonchev–Trinajstić information content (AvgIpc) is 2.20. The predicted octanol–water partition coefficient (Wildman–Crippen LogP) is 2.87. The molecule has 0 heterocycles. The zero-order valence-corrected chi connectivity index (χ0v) is 9.72. The Hall–Kier alpha value is -1.33. The quantitative estimate of drug-likeness (QED) is 0.727. The maximum absolute atomic E-state index is 9.86. The molecule has 0 amide bonds. The molecule has 15 heavy (non-hydrogen) atoms. The summed E-state index contributed by atoms with van der Waals surface area (Å²) in [6.45, 7) is 2.01. The molecule has 2 aromatic carbocycles. The molecule has 0 aromatic heterocycles. The van der Waals surface area contributed by atoms with Gasteiger partial charge >= 0.3 is 0 Å². The highest BCUT2D eigenvalue weighted by atomic mass is 31.0. The van der Waals surface area contributed by atoms with Crippen molar-refractivity contribution in [2.45, 2.75) is 6.92 Å². The van der Waals surface area contributed by atoms with Crippen LogP contribution in [-0.4, -0.2) is 5.11 Å². The van der Waals surface area contributed by atoms with Gasteiger partial charge in [-0.05, 0) is 29.4 Å². The van der Waals surface area contributed by atoms with Crippen LogP contribution < -0.4 is 5.30 Å². The van der Waals surface area contributed by atoms with Gasteiger partial charge in [-0.2, -0.15) is 0 Å². The topological polar surface area (TPSA) is 20.2 Å². The summed E-state index contributed by atoms with van der Waals surface area (Å²) in [5.74, 6) is 0.338. The summed E-state index contributed by atoms with van der Waals surface area (Å²) in [7, 11) is 2.69. The molecule has 0 aliphatic heterocycles. The molecule has 76 valence electrons. The standard InChI is InChI=1S/C13H13OP/c1-9-5-4-7-11(14)13(9)10-6-2-3-8-12(10)15/h2-8,14H,15H2,1H3. The van der Waals surface area contributed by atoms with Crippen molar-refractivity contribution in [1.82, 2.24) is 0 Å². The molecule has 0 fully saturated rings. The second-order valence-electron chi connectivity index (χ2n) is 3.56. The van der Waals surface area contributed by atoms with E-state index in [-0.39, 0.29) is 0 Å². The molecule has 1 N–H and O–H groups in total. The van der Waals surface area contributed by atoms with Crippen LogP contribution in [0.1, 0.15) is 5.56 Å². The van der Waals surface area contributed by atoms with Gasteiger partial charge in [0.25, 0.3) is 0 Å². The third kappa shape index (κ3) is 1.88. The van der Waals surface area contributed by atoms with E-state index in [4.69, 9.17) is 0 Å². The zero-order chi connectivity index (χ0) is 10.8. The number of rotatable bonds is 1. The normalized spacial score (nSPS) is 10.3. The number of phenolic OH excluding ortho intramolecular Hbond substituents is 1. The Balaban J connectivity index is 2.69. The molecule has 1 atom stereocenters. The molecule has 2 aromatic rings. The number of aromatic hydroxyl groups is 1. The fourth-order valence-electron chi connectivity index (χ4n) is 1.73. The van der Waals surface area contributed by atoms with Crippen LogP contribution in [0.25, 0.3) is 11.1 Å². The van der Waals surface area contributed by atoms with E-state index < -0.39 is 0 Å². The van der Waals surface area contributed by atoms with E-state index in [0.717, 1.165) is 22.0 Å². The van der Waals surface area contributed by atoms with Gasteiger partial charge in [0.2, 0.25) is 0 Å². The third-order valence-electron chi connectivity index (χ3n) is 2.48. The van der Waals surface area contributed by atoms with E-state index in [1.165, 1.54) is 0 Å². The van der Waals surface area contributed by atoms with Crippen LogP contribution in [0.5, 0.6) is 5.75 Å². The van der Waals surface area contributed by atoms with Crippen LogP contribution >= 0.6 is 9.24 Å². The van der Waals surface area contributed by atoms with Crippen LogP contribution in [-0.2, 0) is 0 Å². The van der Waals surface area contributed by atoms with E-state index in [2.05, 4.69) is 9.24 Å². The molecule has 1 unspecified atom stereocenters. The number of hydrogen-bond donors (Lipinski definition) is 1. The third-order valence-corrected chi connectivity index (χ3v) is 2.98. The number of phenols is 1. The van der Waals surface area contributed by atoms with Crippen molar-refractivity contribution in [2.75, 3.05) is 0 Å². The van der Waals surface area contributed by atoms with E-state index in [1.807, 2.05) is 43.3 Å². The lowest BCUT2D eigenvalue weighted by Gasteiger charge is -2.10. The summed E-state index contributed by atoms with van der Waals surface area (Å²) in [6.07, 6.45) is 0. The molecule has 0 saturated heterocycles. The van der Waals surface area contributed by atoms with E-state index in [9.17, 15) is 5.11 Å². The average molecular weight is 216 g/mol. The summed E-state index contributed by atoms with van der Waals surface area (Å²) < 4.78 is 0. The molecule has 0 bridgehead atoms. The molecular weight excluding hydrogens is 203 g/mol. The Morgan fingerprint density at radius 3 is 2.40 bits per heavy atom. The summed E-state index contributed by atoms with van der Waals surface area (Å²) in [6, 6.07) is 13.6. The monoisotopic (exact) mass is 216 g/mol. The maximum atomic E-state index is 9.86. The highest BCUT2D eigenvalue weighted by Gasteiger charge is 2.08. The van der Waals surface area contributed by atoms with E-state index >= 15 is 0 Å². The summed E-state index contributed by atoms with van der Waals surface area (Å²) in [5.41, 5.74) is 3.08. The lowest BCUT2D eigenvalue weighted by Crippen LogP contribution is -1.97. The molecule has 0 aliphatic rings. The molecule has 0 spiro atoms. The molecular formula is C13H13OP. The Bertz CT molecular complexity index is 471. The van der Waals surface area contributed by atoms with Crippen LogP contribution in [0.15, 0.2) is 42.5 Å². The van der Waals surface area contributed by atoms with Crippen molar-refractivity contribution in [3.05, 3.63) is 48.0 Å². The van der Waals surface area contributed by atoms with Crippen molar-refractivity contribution in [3.63, 3.8) is 0 Å². The molecule has 2 heteroatoms. The smallest absolute Gasteiger partial charge is 0.123 e. The first-order valence-electron chi connectivity index (χ1n) is 4.83. The Morgan fingerprint density at radius 2 is 1.73 bits per heavy atom. The zero-order valence-electron chi connectivity index (χ0n) is 8.57. The van der Waals surface area contributed by atoms with Gasteiger partial charge in [-0.15, -0.1) is 9.24 Å². The Labute approximate surface area is 92.0 Å². The second-order valence-corrected chi connectivity index (χ2v) is 4.18. The number of hydrogen-bond acceptors (Lipinski definition) is 1. The Kier molecular flexibility index (Phi) is 2.75. The summed E-state index contributed by atoms with van der Waals surface area (Å²) >= 11 is 0. The van der Waals surface area contributed by atoms with Crippen molar-refractivity contribution < 1.29 is 5.11 Å². The van der Waals surface area contributed by atoms with Gasteiger partial charge < -0.3 is 5.11 Å². The van der Waals surface area contributed by atoms with Gasteiger partial charge in [-0.1, -0.05) is 36.4 Å². The van der Waals surface area contributed by atoms with Gasteiger partial charge in [-0.3, -0.25) is 0 Å². The van der Waals surface area contributed by atoms with Crippen molar-refractivity contribution in [3.8, 4) is 16.9 Å². The van der Waals surface area contributed by atoms with Gasteiger partial charge in [0.1, 0.15) is 5.75 Å². The largest absolute Gasteiger partial charge is 0.507 e. The van der Waals surface area contributed by atoms with Gasteiger partial charge in [-0.25, -0.2) is 0 Å². The van der Waals surface area contributed by atoms with Crippen molar-refractivity contribution >= 4 is 14.5 Å². The molecule has 2 rings (SSSR count). The lowest BCUT2D eigenvalue weighted by molar-refractivity contribution is 0.477. The summed E-state index contributed by atoms with van der Waals surface area (Å²) in [5, 5.41) is 11.0. The van der Waals surface area contributed by atoms with Crippen molar-refractivity contribution in [2.24, 2.45) is 0 Å². The van der Waals surface area contributed by atoms with Crippen LogP contribution in [0.3, 0.4) is 0 Å². The highest BCUT2D eigenvalue weighted by Crippen LogP contribution is 2.31. The molecule has 0 aliphatic carbocycles. The SMILES string of the molecule is Cc1cccc(O)c1-c1ccccc1P. The minimum absolute atomic E-state index is 0.338. The predicted molar refractivity (Wildman–Crippen MR) is 67.6 cm³/mol. The molecule has 1 nitrogen and oxygen atoms in total. The minimum Gasteiger partial charge on any atom is -0.507 e. The van der Waals surface area contributed by atoms with Gasteiger partial charge in [0.15, 0.2) is 0 Å². The minimum atomic E-state index is 0.338. The molecule has 0 radical (unpaired) electrons. The van der Waals surface area contributed by atoms with Crippen molar-refractivity contribution in [1.29, 1.82) is 0 Å². The first kappa shape index (κ1) is 10.2. The highest BCUT2D eigenvalue weighted by molar-refractivity contribution is 7.28. The second kappa shape index (κ2) is 4.04. The first-order chi connectivity index (χ1) is 7.20. The fourth-order valence-corrected chi connectivity index (χ4v) is 2.08. The van der Waals surface area contributed by atoms with Crippen LogP contribution in [0, 0.1) is 6.92 Å². The maximum Gasteiger partial charge on any atom is 0.123 e. The van der Waals surface area contributed by atoms with E-state index in [0.29, 0.717) is 5.75 Å². The number of aryl methyl sites for hydroxylation is 1. The van der Waals surface area contributed by atoms with Gasteiger partial charge in [0.05, 0.1) is 0 Å². The van der Waals surface area contributed by atoms with Gasteiger partial charge in [0, 0.05) is 5.56 Å². The summed E-state index contributed by atoms with van der Waals surface area (Å²) in [4.78, 5) is 0. The van der Waals surface area contributed by atoms with E-state index in [1.54, 1.807) is 6.07 Å².